The van der Waals surface area contributed by atoms with Crippen LogP contribution in [0.3, 0.4) is 0 Å². The van der Waals surface area contributed by atoms with Crippen molar-refractivity contribution in [1.82, 2.24) is 0 Å². The molecule has 2 rings (SSSR count). The summed E-state index contributed by atoms with van der Waals surface area (Å²) in [6.07, 6.45) is 5.43. The Hall–Kier alpha value is -1.35. The van der Waals surface area contributed by atoms with Crippen LogP contribution < -0.4 is 4.74 Å². The van der Waals surface area contributed by atoms with Crippen LogP contribution in [0.15, 0.2) is 24.3 Å². The van der Waals surface area contributed by atoms with E-state index in [1.54, 1.807) is 12.1 Å². The largest absolute Gasteiger partial charge is 0.491 e. The third kappa shape index (κ3) is 3.80. The monoisotopic (exact) mass is 262 g/mol. The molecule has 1 saturated carbocycles. The molecular formula is C16H22O3. The highest BCUT2D eigenvalue weighted by Crippen LogP contribution is 2.29. The number of carbonyl (C=O) groups excluding carboxylic acids is 1. The maximum absolute atomic E-state index is 11.6. The molecule has 0 radical (unpaired) electrons. The number of carbonyl (C=O) groups is 1. The molecule has 0 spiro atoms. The second kappa shape index (κ2) is 6.20. The number of aliphatic hydroxyl groups is 1. The summed E-state index contributed by atoms with van der Waals surface area (Å²) in [7, 11) is 0. The molecule has 1 N–H and O–H groups in total. The summed E-state index contributed by atoms with van der Waals surface area (Å²) >= 11 is 0. The van der Waals surface area contributed by atoms with Gasteiger partial charge in [0.1, 0.15) is 12.4 Å². The fourth-order valence-electron chi connectivity index (χ4n) is 2.54. The van der Waals surface area contributed by atoms with E-state index in [1.165, 1.54) is 6.42 Å². The van der Waals surface area contributed by atoms with Crippen LogP contribution >= 0.6 is 0 Å². The Balaban J connectivity index is 1.97. The van der Waals surface area contributed by atoms with Gasteiger partial charge in [-0.2, -0.15) is 0 Å². The van der Waals surface area contributed by atoms with E-state index >= 15 is 0 Å². The molecule has 0 unspecified atom stereocenters. The number of hydrogen-bond donors (Lipinski definition) is 1. The van der Waals surface area contributed by atoms with Crippen molar-refractivity contribution in [2.45, 2.75) is 51.0 Å². The van der Waals surface area contributed by atoms with Gasteiger partial charge in [-0.15, -0.1) is 0 Å². The maximum Gasteiger partial charge on any atom is 0.162 e. The Morgan fingerprint density at radius 2 is 2.05 bits per heavy atom. The van der Waals surface area contributed by atoms with Gasteiger partial charge < -0.3 is 9.84 Å². The van der Waals surface area contributed by atoms with Gasteiger partial charge in [-0.3, -0.25) is 4.79 Å². The minimum Gasteiger partial charge on any atom is -0.491 e. The van der Waals surface area contributed by atoms with Crippen molar-refractivity contribution in [3.05, 3.63) is 29.8 Å². The van der Waals surface area contributed by atoms with Crippen LogP contribution in [0.25, 0.3) is 0 Å². The fourth-order valence-corrected chi connectivity index (χ4v) is 2.54. The minimum atomic E-state index is -0.691. The third-order valence-electron chi connectivity index (χ3n) is 3.77. The van der Waals surface area contributed by atoms with Crippen LogP contribution in [0.4, 0.5) is 0 Å². The summed E-state index contributed by atoms with van der Waals surface area (Å²) in [5.74, 6) is 0.778. The first kappa shape index (κ1) is 14.1. The zero-order valence-corrected chi connectivity index (χ0v) is 11.5. The van der Waals surface area contributed by atoms with Crippen LogP contribution in [0.5, 0.6) is 5.75 Å². The van der Waals surface area contributed by atoms with Gasteiger partial charge in [-0.25, -0.2) is 0 Å². The third-order valence-corrected chi connectivity index (χ3v) is 3.77. The second-order valence-corrected chi connectivity index (χ2v) is 5.38. The van der Waals surface area contributed by atoms with E-state index in [2.05, 4.69) is 0 Å². The normalized spacial score (nSPS) is 18.0. The maximum atomic E-state index is 11.6. The van der Waals surface area contributed by atoms with Crippen LogP contribution in [-0.2, 0) is 0 Å². The van der Waals surface area contributed by atoms with Gasteiger partial charge in [0.15, 0.2) is 5.78 Å². The molecule has 0 bridgehead atoms. The number of ether oxygens (including phenoxy) is 1. The summed E-state index contributed by atoms with van der Waals surface area (Å²) in [5, 5.41) is 10.4. The molecule has 1 aliphatic rings. The summed E-state index contributed by atoms with van der Waals surface area (Å²) in [4.78, 5) is 11.6. The van der Waals surface area contributed by atoms with E-state index in [4.69, 9.17) is 4.74 Å². The van der Waals surface area contributed by atoms with Crippen molar-refractivity contribution in [3.8, 4) is 5.75 Å². The van der Waals surface area contributed by atoms with Crippen LogP contribution in [-0.4, -0.2) is 23.1 Å². The lowest BCUT2D eigenvalue weighted by Gasteiger charge is -2.31. The molecule has 3 heteroatoms. The first-order valence-corrected chi connectivity index (χ1v) is 7.11. The van der Waals surface area contributed by atoms with Gasteiger partial charge in [0.25, 0.3) is 0 Å². The van der Waals surface area contributed by atoms with E-state index in [-0.39, 0.29) is 5.78 Å². The first-order chi connectivity index (χ1) is 9.13. The molecule has 104 valence electrons. The zero-order valence-electron chi connectivity index (χ0n) is 11.5. The number of hydrogen-bond acceptors (Lipinski definition) is 3. The van der Waals surface area contributed by atoms with Crippen molar-refractivity contribution in [2.75, 3.05) is 6.61 Å². The molecular weight excluding hydrogens is 240 g/mol. The molecule has 0 heterocycles. The molecule has 0 aliphatic heterocycles. The van der Waals surface area contributed by atoms with Crippen molar-refractivity contribution in [1.29, 1.82) is 0 Å². The van der Waals surface area contributed by atoms with E-state index < -0.39 is 5.60 Å². The Bertz CT molecular complexity index is 433. The predicted molar refractivity (Wildman–Crippen MR) is 74.6 cm³/mol. The van der Waals surface area contributed by atoms with Gasteiger partial charge in [0, 0.05) is 12.0 Å². The molecule has 1 aromatic carbocycles. The molecule has 0 aromatic heterocycles. The van der Waals surface area contributed by atoms with Crippen molar-refractivity contribution in [3.63, 3.8) is 0 Å². The molecule has 0 amide bonds. The lowest BCUT2D eigenvalue weighted by Crippen LogP contribution is -2.37. The van der Waals surface area contributed by atoms with E-state index in [0.717, 1.165) is 25.7 Å². The number of rotatable bonds is 5. The SMILES string of the molecule is CCC(=O)c1cccc(OCC2(O)CCCCC2)c1. The van der Waals surface area contributed by atoms with Gasteiger partial charge in [0.05, 0.1) is 5.60 Å². The number of benzene rings is 1. The quantitative estimate of drug-likeness (QED) is 0.828. The zero-order chi connectivity index (χ0) is 13.7. The standard InChI is InChI=1S/C16H22O3/c1-2-15(17)13-7-6-8-14(11-13)19-12-16(18)9-4-3-5-10-16/h6-8,11,18H,2-5,9-10,12H2,1H3. The molecule has 1 fully saturated rings. The highest BCUT2D eigenvalue weighted by molar-refractivity contribution is 5.96. The second-order valence-electron chi connectivity index (χ2n) is 5.38. The van der Waals surface area contributed by atoms with Crippen LogP contribution in [0.2, 0.25) is 0 Å². The Morgan fingerprint density at radius 3 is 2.74 bits per heavy atom. The average molecular weight is 262 g/mol. The lowest BCUT2D eigenvalue weighted by molar-refractivity contribution is -0.0339. The first-order valence-electron chi connectivity index (χ1n) is 7.11. The lowest BCUT2D eigenvalue weighted by atomic mass is 9.85. The van der Waals surface area contributed by atoms with E-state index in [0.29, 0.717) is 24.3 Å². The Morgan fingerprint density at radius 1 is 1.32 bits per heavy atom. The average Bonchev–Trinajstić information content (AvgIpc) is 2.45. The molecule has 0 saturated heterocycles. The summed E-state index contributed by atoms with van der Waals surface area (Å²) in [5.41, 5.74) is -0.0149. The summed E-state index contributed by atoms with van der Waals surface area (Å²) in [6.45, 7) is 2.16. The highest BCUT2D eigenvalue weighted by Gasteiger charge is 2.29. The smallest absolute Gasteiger partial charge is 0.162 e. The Kier molecular flexibility index (Phi) is 4.59. The number of Topliss-reactive ketones (excluding diaryl/α,β-unsaturated/α-hetero) is 1. The molecule has 3 nitrogen and oxygen atoms in total. The van der Waals surface area contributed by atoms with Gasteiger partial charge in [-0.05, 0) is 25.0 Å². The van der Waals surface area contributed by atoms with E-state index in [1.807, 2.05) is 19.1 Å². The van der Waals surface area contributed by atoms with Gasteiger partial charge in [0.2, 0.25) is 0 Å². The minimum absolute atomic E-state index is 0.113. The summed E-state index contributed by atoms with van der Waals surface area (Å²) < 4.78 is 5.68. The van der Waals surface area contributed by atoms with Gasteiger partial charge in [-0.1, -0.05) is 38.3 Å². The summed E-state index contributed by atoms with van der Waals surface area (Å²) in [6, 6.07) is 7.22. The van der Waals surface area contributed by atoms with Gasteiger partial charge >= 0.3 is 0 Å². The topological polar surface area (TPSA) is 46.5 Å². The van der Waals surface area contributed by atoms with Crippen molar-refractivity contribution < 1.29 is 14.6 Å². The van der Waals surface area contributed by atoms with Crippen molar-refractivity contribution >= 4 is 5.78 Å². The molecule has 0 atom stereocenters. The molecule has 19 heavy (non-hydrogen) atoms. The number of ketones is 1. The molecule has 1 aliphatic carbocycles. The molecule has 1 aromatic rings. The van der Waals surface area contributed by atoms with E-state index in [9.17, 15) is 9.90 Å². The predicted octanol–water partition coefficient (Wildman–Crippen LogP) is 3.35. The Labute approximate surface area is 114 Å². The van der Waals surface area contributed by atoms with Crippen LogP contribution in [0.1, 0.15) is 55.8 Å². The van der Waals surface area contributed by atoms with Crippen molar-refractivity contribution in [2.24, 2.45) is 0 Å². The van der Waals surface area contributed by atoms with Crippen LogP contribution in [0, 0.1) is 0 Å². The highest BCUT2D eigenvalue weighted by atomic mass is 16.5. The fraction of sp³-hybridized carbons (Fsp3) is 0.562.